The summed E-state index contributed by atoms with van der Waals surface area (Å²) in [5, 5.41) is 9.50. The zero-order valence-corrected chi connectivity index (χ0v) is 22.2. The number of esters is 1. The molecule has 0 aromatic heterocycles. The molecule has 0 aliphatic heterocycles. The number of carbonyl (C=O) groups excluding carboxylic acids is 1. The van der Waals surface area contributed by atoms with Crippen LogP contribution in [0.4, 0.5) is 4.39 Å². The Bertz CT molecular complexity index is 1280. The molecule has 3 aromatic rings. The van der Waals surface area contributed by atoms with Gasteiger partial charge in [0.1, 0.15) is 34.9 Å². The molecule has 0 bridgehead atoms. The maximum Gasteiger partial charge on any atom is 0.309 e. The second kappa shape index (κ2) is 10.7. The van der Waals surface area contributed by atoms with E-state index in [1.807, 2.05) is 24.3 Å². The number of hydrogen-bond donors (Lipinski definition) is 1. The maximum atomic E-state index is 14.9. The fraction of sp³-hybridized carbons (Fsp3) is 0.406. The Kier molecular flexibility index (Phi) is 7.33. The van der Waals surface area contributed by atoms with E-state index >= 15 is 0 Å². The topological polar surface area (TPSA) is 65.0 Å². The molecule has 3 atom stereocenters. The predicted molar refractivity (Wildman–Crippen MR) is 143 cm³/mol. The van der Waals surface area contributed by atoms with Gasteiger partial charge in [-0.25, -0.2) is 4.39 Å². The molecule has 0 spiro atoms. The van der Waals surface area contributed by atoms with E-state index in [9.17, 15) is 14.3 Å². The van der Waals surface area contributed by atoms with Gasteiger partial charge in [-0.1, -0.05) is 32.9 Å². The zero-order chi connectivity index (χ0) is 26.9. The minimum atomic E-state index is -0.407. The van der Waals surface area contributed by atoms with Gasteiger partial charge in [0, 0.05) is 11.1 Å². The van der Waals surface area contributed by atoms with Gasteiger partial charge in [-0.05, 0) is 97.5 Å². The molecule has 2 aliphatic carbocycles. The van der Waals surface area contributed by atoms with E-state index in [0.29, 0.717) is 42.3 Å². The lowest BCUT2D eigenvalue weighted by Crippen LogP contribution is -2.12. The molecule has 2 aliphatic rings. The van der Waals surface area contributed by atoms with Crippen LogP contribution in [0.1, 0.15) is 75.2 Å². The van der Waals surface area contributed by atoms with Gasteiger partial charge in [0.2, 0.25) is 0 Å². The maximum absolute atomic E-state index is 14.9. The summed E-state index contributed by atoms with van der Waals surface area (Å²) >= 11 is 0. The van der Waals surface area contributed by atoms with Crippen LogP contribution in [-0.4, -0.2) is 17.7 Å². The molecule has 0 heterocycles. The first-order chi connectivity index (χ1) is 18.2. The van der Waals surface area contributed by atoms with Gasteiger partial charge in [0.15, 0.2) is 0 Å². The summed E-state index contributed by atoms with van der Waals surface area (Å²) in [4.78, 5) is 12.4. The van der Waals surface area contributed by atoms with Crippen LogP contribution in [0.15, 0.2) is 60.7 Å². The van der Waals surface area contributed by atoms with Crippen molar-refractivity contribution in [3.05, 3.63) is 83.2 Å². The van der Waals surface area contributed by atoms with Crippen molar-refractivity contribution in [3.8, 4) is 23.0 Å². The molecule has 6 heteroatoms. The molecule has 0 unspecified atom stereocenters. The predicted octanol–water partition coefficient (Wildman–Crippen LogP) is 7.86. The summed E-state index contributed by atoms with van der Waals surface area (Å²) < 4.78 is 32.6. The quantitative estimate of drug-likeness (QED) is 0.231. The van der Waals surface area contributed by atoms with Gasteiger partial charge < -0.3 is 19.3 Å². The van der Waals surface area contributed by atoms with Crippen molar-refractivity contribution >= 4 is 5.97 Å². The van der Waals surface area contributed by atoms with Gasteiger partial charge in [0.25, 0.3) is 0 Å². The number of rotatable bonds is 9. The largest absolute Gasteiger partial charge is 0.508 e. The highest BCUT2D eigenvalue weighted by Crippen LogP contribution is 2.49. The van der Waals surface area contributed by atoms with Crippen LogP contribution in [0.25, 0.3) is 0 Å². The number of hydrogen-bond acceptors (Lipinski definition) is 5. The van der Waals surface area contributed by atoms with Crippen LogP contribution in [0.3, 0.4) is 0 Å². The second-order valence-corrected chi connectivity index (χ2v) is 11.5. The van der Waals surface area contributed by atoms with E-state index in [1.54, 1.807) is 30.3 Å². The van der Waals surface area contributed by atoms with Gasteiger partial charge in [0.05, 0.1) is 12.5 Å². The van der Waals surface area contributed by atoms with Crippen molar-refractivity contribution in [1.82, 2.24) is 0 Å². The summed E-state index contributed by atoms with van der Waals surface area (Å²) in [6.07, 6.45) is 3.60. The number of benzene rings is 3. The van der Waals surface area contributed by atoms with Crippen molar-refractivity contribution < 1.29 is 28.5 Å². The molecular weight excluding hydrogens is 483 g/mol. The monoisotopic (exact) mass is 518 g/mol. The highest BCUT2D eigenvalue weighted by Gasteiger charge is 2.45. The Balaban J connectivity index is 1.18. The van der Waals surface area contributed by atoms with Crippen molar-refractivity contribution in [2.24, 2.45) is 11.3 Å². The van der Waals surface area contributed by atoms with E-state index in [0.717, 1.165) is 30.4 Å². The average molecular weight is 519 g/mol. The van der Waals surface area contributed by atoms with E-state index < -0.39 is 6.10 Å². The molecule has 0 saturated heterocycles. The van der Waals surface area contributed by atoms with Crippen LogP contribution in [0.2, 0.25) is 0 Å². The van der Waals surface area contributed by atoms with Gasteiger partial charge in [-0.15, -0.1) is 0 Å². The lowest BCUT2D eigenvalue weighted by molar-refractivity contribution is -0.145. The fourth-order valence-electron chi connectivity index (χ4n) is 5.16. The first kappa shape index (κ1) is 26.1. The van der Waals surface area contributed by atoms with Crippen LogP contribution in [0, 0.1) is 17.2 Å². The normalized spacial score (nSPS) is 20.1. The van der Waals surface area contributed by atoms with E-state index in [1.165, 1.54) is 6.07 Å². The third-order valence-electron chi connectivity index (χ3n) is 7.30. The van der Waals surface area contributed by atoms with Gasteiger partial charge in [-0.2, -0.15) is 0 Å². The van der Waals surface area contributed by atoms with Crippen molar-refractivity contribution in [1.29, 1.82) is 0 Å². The van der Waals surface area contributed by atoms with E-state index in [2.05, 4.69) is 20.8 Å². The van der Waals surface area contributed by atoms with Crippen LogP contribution in [0.5, 0.6) is 23.0 Å². The average Bonchev–Trinajstić information content (AvgIpc) is 3.57. The number of aromatic hydroxyl groups is 1. The number of phenols is 1. The third-order valence-corrected chi connectivity index (χ3v) is 7.30. The molecule has 3 aromatic carbocycles. The number of carbonyl (C=O) groups is 1. The SMILES string of the molecule is CC(C)(C)CCCOC(=O)[C@H]1C[C@@H]1c1ccc(O[C@@H]2CCc3c(Oc4ccc(O)cc4)ccc(F)c32)cc1. The van der Waals surface area contributed by atoms with Crippen molar-refractivity contribution in [2.45, 2.75) is 64.9 Å². The molecule has 38 heavy (non-hydrogen) atoms. The molecular formula is C32H35FO5. The molecule has 5 nitrogen and oxygen atoms in total. The number of phenolic OH excluding ortho intramolecular Hbond substituents is 1. The van der Waals surface area contributed by atoms with Crippen molar-refractivity contribution in [2.75, 3.05) is 6.61 Å². The summed E-state index contributed by atoms with van der Waals surface area (Å²) in [5.41, 5.74) is 2.68. The summed E-state index contributed by atoms with van der Waals surface area (Å²) in [5.74, 6) is 1.69. The second-order valence-electron chi connectivity index (χ2n) is 11.5. The Hall–Kier alpha value is -3.54. The third kappa shape index (κ3) is 6.12. The number of halogens is 1. The Morgan fingerprint density at radius 1 is 1.00 bits per heavy atom. The highest BCUT2D eigenvalue weighted by atomic mass is 19.1. The van der Waals surface area contributed by atoms with Crippen LogP contribution < -0.4 is 9.47 Å². The van der Waals surface area contributed by atoms with E-state index in [-0.39, 0.29) is 34.8 Å². The summed E-state index contributed by atoms with van der Waals surface area (Å²) in [6, 6.07) is 17.3. The smallest absolute Gasteiger partial charge is 0.309 e. The fourth-order valence-corrected chi connectivity index (χ4v) is 5.16. The summed E-state index contributed by atoms with van der Waals surface area (Å²) in [6.45, 7) is 7.04. The summed E-state index contributed by atoms with van der Waals surface area (Å²) in [7, 11) is 0. The standard InChI is InChI=1S/C32H35FO5/c1-32(2,3)17-4-18-36-31(35)26-19-25(26)20-5-9-22(10-6-20)38-29-15-13-24-28(16-14-27(33)30(24)29)37-23-11-7-21(34)8-12-23/h5-12,14,16,25-26,29,34H,4,13,15,17-19H2,1-3H3/t25-,26+,29-/m1/s1. The highest BCUT2D eigenvalue weighted by molar-refractivity contribution is 5.77. The minimum Gasteiger partial charge on any atom is -0.508 e. The van der Waals surface area contributed by atoms with Gasteiger partial charge >= 0.3 is 5.97 Å². The number of ether oxygens (including phenoxy) is 3. The molecule has 0 radical (unpaired) electrons. The van der Waals surface area contributed by atoms with Crippen molar-refractivity contribution in [3.63, 3.8) is 0 Å². The lowest BCUT2D eigenvalue weighted by atomic mass is 9.91. The Morgan fingerprint density at radius 3 is 2.42 bits per heavy atom. The minimum absolute atomic E-state index is 0.0702. The molecule has 200 valence electrons. The first-order valence-corrected chi connectivity index (χ1v) is 13.4. The van der Waals surface area contributed by atoms with E-state index in [4.69, 9.17) is 14.2 Å². The van der Waals surface area contributed by atoms with Crippen LogP contribution in [-0.2, 0) is 16.0 Å². The van der Waals surface area contributed by atoms with Gasteiger partial charge in [-0.3, -0.25) is 4.79 Å². The van der Waals surface area contributed by atoms with Crippen LogP contribution >= 0.6 is 0 Å². The Labute approximate surface area is 223 Å². The molecule has 0 amide bonds. The molecule has 5 rings (SSSR count). The molecule has 1 N–H and O–H groups in total. The zero-order valence-electron chi connectivity index (χ0n) is 22.2. The Morgan fingerprint density at radius 2 is 1.71 bits per heavy atom. The number of fused-ring (bicyclic) bond motifs is 1. The molecule has 1 saturated carbocycles. The lowest BCUT2D eigenvalue weighted by Gasteiger charge is -2.17. The molecule has 1 fully saturated rings. The first-order valence-electron chi connectivity index (χ1n) is 13.4.